The van der Waals surface area contributed by atoms with Gasteiger partial charge in [0.05, 0.1) is 13.8 Å². The molecule has 198 valence electrons. The third kappa shape index (κ3) is 5.89. The third-order valence-corrected chi connectivity index (χ3v) is 7.51. The van der Waals surface area contributed by atoms with E-state index in [0.717, 1.165) is 29.8 Å². The van der Waals surface area contributed by atoms with Crippen LogP contribution >= 0.6 is 0 Å². The first-order chi connectivity index (χ1) is 18.0. The highest BCUT2D eigenvalue weighted by Crippen LogP contribution is 2.39. The molecule has 2 fully saturated rings. The fourth-order valence-electron chi connectivity index (χ4n) is 5.41. The zero-order chi connectivity index (χ0) is 26.3. The fraction of sp³-hybridized carbons (Fsp3) is 0.483. The lowest BCUT2D eigenvalue weighted by molar-refractivity contribution is -0.140. The molecule has 2 saturated heterocycles. The molecule has 3 amide bonds. The van der Waals surface area contributed by atoms with Crippen LogP contribution in [0.4, 0.5) is 5.69 Å². The molecule has 37 heavy (non-hydrogen) atoms. The van der Waals surface area contributed by atoms with Gasteiger partial charge in [0.25, 0.3) is 5.91 Å². The smallest absolute Gasteiger partial charge is 0.250 e. The predicted octanol–water partition coefficient (Wildman–Crippen LogP) is 3.21. The van der Waals surface area contributed by atoms with Crippen molar-refractivity contribution in [3.63, 3.8) is 0 Å². The summed E-state index contributed by atoms with van der Waals surface area (Å²) in [5.41, 5.74) is 1.25. The van der Waals surface area contributed by atoms with Crippen molar-refractivity contribution in [1.29, 1.82) is 0 Å². The molecule has 0 radical (unpaired) electrons. The summed E-state index contributed by atoms with van der Waals surface area (Å²) in [4.78, 5) is 44.9. The molecule has 0 aliphatic carbocycles. The van der Waals surface area contributed by atoms with Gasteiger partial charge in [-0.2, -0.15) is 0 Å². The van der Waals surface area contributed by atoms with E-state index in [2.05, 4.69) is 17.1 Å². The minimum atomic E-state index is -0.736. The van der Waals surface area contributed by atoms with Crippen molar-refractivity contribution in [1.82, 2.24) is 15.1 Å². The summed E-state index contributed by atoms with van der Waals surface area (Å²) in [5, 5.41) is 2.96. The van der Waals surface area contributed by atoms with Crippen LogP contribution in [0.15, 0.2) is 54.6 Å². The van der Waals surface area contributed by atoms with Crippen LogP contribution < -0.4 is 15.0 Å². The van der Waals surface area contributed by atoms with E-state index < -0.39 is 5.54 Å². The van der Waals surface area contributed by atoms with Crippen molar-refractivity contribution in [2.75, 3.05) is 44.9 Å². The van der Waals surface area contributed by atoms with E-state index >= 15 is 0 Å². The van der Waals surface area contributed by atoms with Crippen LogP contribution in [0.1, 0.15) is 44.6 Å². The van der Waals surface area contributed by atoms with Crippen molar-refractivity contribution >= 4 is 23.4 Å². The topological polar surface area (TPSA) is 82.2 Å². The van der Waals surface area contributed by atoms with Gasteiger partial charge in [-0.15, -0.1) is 0 Å². The number of piperidine rings is 1. The number of hydrogen-bond acceptors (Lipinski definition) is 5. The molecule has 1 N–H and O–H groups in total. The van der Waals surface area contributed by atoms with Gasteiger partial charge in [0.1, 0.15) is 17.8 Å². The summed E-state index contributed by atoms with van der Waals surface area (Å²) in [6, 6.07) is 17.6. The maximum atomic E-state index is 13.8. The number of amides is 3. The monoisotopic (exact) mass is 506 g/mol. The van der Waals surface area contributed by atoms with Gasteiger partial charge in [0.15, 0.2) is 0 Å². The van der Waals surface area contributed by atoms with Gasteiger partial charge in [-0.25, -0.2) is 0 Å². The number of nitrogens with one attached hydrogen (secondary N) is 1. The quantitative estimate of drug-likeness (QED) is 0.535. The van der Waals surface area contributed by atoms with Crippen molar-refractivity contribution in [3.05, 3.63) is 60.2 Å². The van der Waals surface area contributed by atoms with E-state index in [1.54, 1.807) is 12.0 Å². The van der Waals surface area contributed by atoms with Crippen molar-refractivity contribution in [3.8, 4) is 5.75 Å². The molecule has 2 aromatic rings. The molecule has 2 heterocycles. The van der Waals surface area contributed by atoms with Crippen LogP contribution in [0.5, 0.6) is 5.75 Å². The van der Waals surface area contributed by atoms with Gasteiger partial charge < -0.3 is 24.8 Å². The Morgan fingerprint density at radius 3 is 2.43 bits per heavy atom. The van der Waals surface area contributed by atoms with Crippen molar-refractivity contribution in [2.45, 2.75) is 51.0 Å². The number of unbranched alkanes of at least 4 members (excludes halogenated alkanes) is 1. The average molecular weight is 507 g/mol. The van der Waals surface area contributed by atoms with E-state index in [4.69, 9.17) is 4.74 Å². The van der Waals surface area contributed by atoms with Gasteiger partial charge in [0, 0.05) is 31.7 Å². The van der Waals surface area contributed by atoms with Gasteiger partial charge in [0.2, 0.25) is 11.8 Å². The Bertz CT molecular complexity index is 1080. The normalized spacial score (nSPS) is 16.8. The predicted molar refractivity (Wildman–Crippen MR) is 143 cm³/mol. The maximum absolute atomic E-state index is 13.8. The number of ether oxygens (including phenoxy) is 1. The van der Waals surface area contributed by atoms with Crippen LogP contribution in [-0.2, 0) is 20.8 Å². The second-order valence-electron chi connectivity index (χ2n) is 9.84. The lowest BCUT2D eigenvalue weighted by atomic mass is 9.85. The Morgan fingerprint density at radius 2 is 1.73 bits per heavy atom. The molecule has 4 rings (SSSR count). The molecule has 0 unspecified atom stereocenters. The highest BCUT2D eigenvalue weighted by atomic mass is 16.5. The lowest BCUT2D eigenvalue weighted by Gasteiger charge is -2.43. The lowest BCUT2D eigenvalue weighted by Crippen LogP contribution is -2.57. The van der Waals surface area contributed by atoms with Gasteiger partial charge in [-0.05, 0) is 49.4 Å². The maximum Gasteiger partial charge on any atom is 0.250 e. The zero-order valence-corrected chi connectivity index (χ0v) is 21.9. The molecule has 8 nitrogen and oxygen atoms in total. The Morgan fingerprint density at radius 1 is 1.03 bits per heavy atom. The van der Waals surface area contributed by atoms with Crippen molar-refractivity contribution < 1.29 is 19.1 Å². The van der Waals surface area contributed by atoms with Gasteiger partial charge in [-0.3, -0.25) is 14.4 Å². The molecule has 2 aromatic carbocycles. The van der Waals surface area contributed by atoms with Crippen molar-refractivity contribution in [2.24, 2.45) is 0 Å². The molecule has 0 atom stereocenters. The molecule has 1 spiro atoms. The second-order valence-corrected chi connectivity index (χ2v) is 9.84. The number of rotatable bonds is 10. The highest BCUT2D eigenvalue weighted by Gasteiger charge is 2.54. The Hall–Kier alpha value is -3.55. The minimum Gasteiger partial charge on any atom is -0.496 e. The number of anilines is 1. The number of benzene rings is 2. The largest absolute Gasteiger partial charge is 0.496 e. The number of likely N-dealkylation sites (tertiary alicyclic amines) is 1. The minimum absolute atomic E-state index is 0.00892. The van der Waals surface area contributed by atoms with Crippen LogP contribution in [-0.4, -0.2) is 73.0 Å². The molecular formula is C29H38N4O4. The fourth-order valence-corrected chi connectivity index (χ4v) is 5.41. The number of carbonyl (C=O) groups excluding carboxylic acids is 3. The summed E-state index contributed by atoms with van der Waals surface area (Å²) in [7, 11) is 1.64. The first-order valence-corrected chi connectivity index (χ1v) is 13.3. The Balaban J connectivity index is 1.41. The van der Waals surface area contributed by atoms with E-state index in [0.29, 0.717) is 52.0 Å². The van der Waals surface area contributed by atoms with Gasteiger partial charge >= 0.3 is 0 Å². The number of carbonyl (C=O) groups is 3. The second kappa shape index (κ2) is 12.1. The number of para-hydroxylation sites is 2. The Kier molecular flexibility index (Phi) is 8.69. The summed E-state index contributed by atoms with van der Waals surface area (Å²) in [6.45, 7) is 4.01. The number of methoxy groups -OCH3 is 1. The van der Waals surface area contributed by atoms with Crippen LogP contribution in [0.2, 0.25) is 0 Å². The average Bonchev–Trinajstić information content (AvgIpc) is 3.19. The summed E-state index contributed by atoms with van der Waals surface area (Å²) in [6.07, 6.45) is 4.19. The van der Waals surface area contributed by atoms with Crippen LogP contribution in [0, 0.1) is 0 Å². The summed E-state index contributed by atoms with van der Waals surface area (Å²) < 4.78 is 5.39. The number of hydrogen-bond donors (Lipinski definition) is 1. The molecule has 0 bridgehead atoms. The zero-order valence-electron chi connectivity index (χ0n) is 21.9. The Labute approximate surface area is 219 Å². The van der Waals surface area contributed by atoms with E-state index in [1.807, 2.05) is 59.5 Å². The highest BCUT2D eigenvalue weighted by molar-refractivity contribution is 5.96. The van der Waals surface area contributed by atoms with E-state index in [1.165, 1.54) is 0 Å². The first kappa shape index (κ1) is 26.5. The van der Waals surface area contributed by atoms with Gasteiger partial charge in [-0.1, -0.05) is 49.7 Å². The summed E-state index contributed by atoms with van der Waals surface area (Å²) >= 11 is 0. The molecule has 2 aliphatic heterocycles. The standard InChI is InChI=1S/C29H38N4O4/c1-3-4-14-27(35)31-19-16-29(17-20-31)28(36)32(22-33(29)24-11-6-5-7-12-24)21-26(34)30-18-15-23-10-8-9-13-25(23)37-2/h5-13H,3-4,14-22H2,1-2H3,(H,30,34). The molecular weight excluding hydrogens is 468 g/mol. The van der Waals surface area contributed by atoms with Crippen LogP contribution in [0.3, 0.4) is 0 Å². The third-order valence-electron chi connectivity index (χ3n) is 7.51. The van der Waals surface area contributed by atoms with E-state index in [9.17, 15) is 14.4 Å². The van der Waals surface area contributed by atoms with Crippen LogP contribution in [0.25, 0.3) is 0 Å². The van der Waals surface area contributed by atoms with E-state index in [-0.39, 0.29) is 24.3 Å². The molecule has 8 heteroatoms. The molecule has 0 saturated carbocycles. The molecule has 0 aromatic heterocycles. The first-order valence-electron chi connectivity index (χ1n) is 13.3. The molecule has 2 aliphatic rings. The SMILES string of the molecule is CCCCC(=O)N1CCC2(CC1)C(=O)N(CC(=O)NCCc1ccccc1OC)CN2c1ccccc1. The number of nitrogens with zero attached hydrogens (tertiary/aromatic N) is 3. The summed E-state index contributed by atoms with van der Waals surface area (Å²) in [5.74, 6) is 0.753.